The van der Waals surface area contributed by atoms with E-state index in [1.807, 2.05) is 32.3 Å². The first kappa shape index (κ1) is 26.2. The number of halogens is 1. The molecular weight excluding hydrogens is 493 g/mol. The number of benzene rings is 1. The van der Waals surface area contributed by atoms with Crippen LogP contribution in [0.5, 0.6) is 5.75 Å². The number of ether oxygens (including phenoxy) is 1. The van der Waals surface area contributed by atoms with Gasteiger partial charge >= 0.3 is 0 Å². The second-order valence-corrected chi connectivity index (χ2v) is 7.05. The lowest BCUT2D eigenvalue weighted by Crippen LogP contribution is -2.37. The van der Waals surface area contributed by atoms with Crippen molar-refractivity contribution >= 4 is 29.9 Å². The number of rotatable bonds is 11. The molecule has 0 aliphatic rings. The molecule has 2 rings (SSSR count). The van der Waals surface area contributed by atoms with Gasteiger partial charge in [-0.2, -0.15) is 0 Å². The molecule has 0 unspecified atom stereocenters. The van der Waals surface area contributed by atoms with Crippen LogP contribution in [0.25, 0.3) is 0 Å². The molecular formula is C22H36IN5O2. The van der Waals surface area contributed by atoms with Gasteiger partial charge in [-0.3, -0.25) is 0 Å². The molecule has 0 aliphatic heterocycles. The second-order valence-electron chi connectivity index (χ2n) is 7.05. The standard InChI is InChI=1S/C22H35N5O2.HI/c1-6-19-18(20(7-2)29-26-19)16-25-22(23-8-3)24-15-17-11-9-10-12-21(17)28-14-13-27(4)5;/h9-12H,6-8,13-16H2,1-5H3,(H2,23,24,25);1H. The van der Waals surface area contributed by atoms with E-state index in [4.69, 9.17) is 14.3 Å². The average Bonchev–Trinajstić information content (AvgIpc) is 3.12. The summed E-state index contributed by atoms with van der Waals surface area (Å²) in [4.78, 5) is 6.86. The summed E-state index contributed by atoms with van der Waals surface area (Å²) in [5.41, 5.74) is 3.20. The topological polar surface area (TPSA) is 74.9 Å². The van der Waals surface area contributed by atoms with Gasteiger partial charge in [0.05, 0.1) is 12.2 Å². The molecule has 0 atom stereocenters. The van der Waals surface area contributed by atoms with E-state index < -0.39 is 0 Å². The first-order valence-electron chi connectivity index (χ1n) is 10.4. The van der Waals surface area contributed by atoms with Crippen molar-refractivity contribution in [1.82, 2.24) is 20.7 Å². The maximum absolute atomic E-state index is 5.95. The monoisotopic (exact) mass is 529 g/mol. The van der Waals surface area contributed by atoms with Crippen molar-refractivity contribution in [3.8, 4) is 5.75 Å². The molecule has 7 nitrogen and oxygen atoms in total. The Morgan fingerprint density at radius 1 is 1.13 bits per heavy atom. The van der Waals surface area contributed by atoms with E-state index in [1.165, 1.54) is 0 Å². The maximum atomic E-state index is 5.95. The Bertz CT molecular complexity index is 755. The molecule has 0 saturated heterocycles. The molecule has 1 heterocycles. The predicted octanol–water partition coefficient (Wildman–Crippen LogP) is 3.61. The number of para-hydroxylation sites is 1. The summed E-state index contributed by atoms with van der Waals surface area (Å²) in [6.45, 7) is 9.73. The van der Waals surface area contributed by atoms with Gasteiger partial charge in [0.1, 0.15) is 18.1 Å². The molecule has 0 aliphatic carbocycles. The van der Waals surface area contributed by atoms with E-state index in [9.17, 15) is 0 Å². The fraction of sp³-hybridized carbons (Fsp3) is 0.545. The largest absolute Gasteiger partial charge is 0.492 e. The van der Waals surface area contributed by atoms with Gasteiger partial charge in [0, 0.05) is 37.2 Å². The number of guanidine groups is 1. The number of hydrogen-bond donors (Lipinski definition) is 2. The third-order valence-corrected chi connectivity index (χ3v) is 4.56. The summed E-state index contributed by atoms with van der Waals surface area (Å²) < 4.78 is 11.4. The van der Waals surface area contributed by atoms with E-state index in [1.54, 1.807) is 0 Å². The third kappa shape index (κ3) is 8.14. The number of nitrogens with one attached hydrogen (secondary N) is 2. The van der Waals surface area contributed by atoms with Gasteiger partial charge in [0.25, 0.3) is 0 Å². The van der Waals surface area contributed by atoms with Gasteiger partial charge < -0.3 is 24.8 Å². The fourth-order valence-electron chi connectivity index (χ4n) is 2.93. The minimum Gasteiger partial charge on any atom is -0.492 e. The zero-order valence-electron chi connectivity index (χ0n) is 18.8. The van der Waals surface area contributed by atoms with Gasteiger partial charge in [-0.15, -0.1) is 24.0 Å². The zero-order valence-corrected chi connectivity index (χ0v) is 21.2. The van der Waals surface area contributed by atoms with Crippen molar-refractivity contribution in [2.45, 2.75) is 46.7 Å². The van der Waals surface area contributed by atoms with Crippen LogP contribution in [0.15, 0.2) is 33.8 Å². The van der Waals surface area contributed by atoms with Crippen molar-refractivity contribution < 1.29 is 9.26 Å². The molecule has 30 heavy (non-hydrogen) atoms. The Morgan fingerprint density at radius 3 is 2.57 bits per heavy atom. The van der Waals surface area contributed by atoms with Crippen LogP contribution < -0.4 is 15.4 Å². The minimum atomic E-state index is 0. The van der Waals surface area contributed by atoms with E-state index in [0.717, 1.165) is 60.2 Å². The number of aromatic nitrogens is 1. The second kappa shape index (κ2) is 14.2. The van der Waals surface area contributed by atoms with Crippen molar-refractivity contribution in [2.75, 3.05) is 33.8 Å². The lowest BCUT2D eigenvalue weighted by molar-refractivity contribution is 0.259. The average molecular weight is 529 g/mol. The van der Waals surface area contributed by atoms with Crippen LogP contribution in [0.3, 0.4) is 0 Å². The minimum absolute atomic E-state index is 0. The highest BCUT2D eigenvalue weighted by atomic mass is 127. The van der Waals surface area contributed by atoms with E-state index in [2.05, 4.69) is 47.5 Å². The summed E-state index contributed by atoms with van der Waals surface area (Å²) in [5.74, 6) is 2.58. The Labute approximate surface area is 197 Å². The quantitative estimate of drug-likeness (QED) is 0.263. The Kier molecular flexibility index (Phi) is 12.4. The normalized spacial score (nSPS) is 11.3. The molecule has 0 amide bonds. The molecule has 0 spiro atoms. The van der Waals surface area contributed by atoms with Crippen LogP contribution in [-0.4, -0.2) is 49.8 Å². The maximum Gasteiger partial charge on any atom is 0.191 e. The SMILES string of the molecule is CCNC(=NCc1ccccc1OCCN(C)C)NCc1c(CC)noc1CC.I. The van der Waals surface area contributed by atoms with Gasteiger partial charge in [0.2, 0.25) is 0 Å². The molecule has 1 aromatic carbocycles. The van der Waals surface area contributed by atoms with Crippen molar-refractivity contribution in [3.63, 3.8) is 0 Å². The summed E-state index contributed by atoms with van der Waals surface area (Å²) >= 11 is 0. The van der Waals surface area contributed by atoms with Gasteiger partial charge in [-0.25, -0.2) is 4.99 Å². The fourth-order valence-corrected chi connectivity index (χ4v) is 2.93. The number of likely N-dealkylation sites (N-methyl/N-ethyl adjacent to an activating group) is 1. The van der Waals surface area contributed by atoms with Crippen LogP contribution in [0, 0.1) is 0 Å². The van der Waals surface area contributed by atoms with Crippen molar-refractivity contribution in [3.05, 3.63) is 46.8 Å². The summed E-state index contributed by atoms with van der Waals surface area (Å²) in [6.07, 6.45) is 1.68. The molecule has 0 fully saturated rings. The van der Waals surface area contributed by atoms with Crippen LogP contribution in [0.2, 0.25) is 0 Å². The Hall–Kier alpha value is -1.81. The summed E-state index contributed by atoms with van der Waals surface area (Å²) in [5, 5.41) is 10.9. The lowest BCUT2D eigenvalue weighted by Gasteiger charge is -2.14. The molecule has 0 radical (unpaired) electrons. The van der Waals surface area contributed by atoms with Crippen molar-refractivity contribution in [2.24, 2.45) is 4.99 Å². The molecule has 8 heteroatoms. The van der Waals surface area contributed by atoms with Gasteiger partial charge in [-0.05, 0) is 33.5 Å². The van der Waals surface area contributed by atoms with Crippen LogP contribution >= 0.6 is 24.0 Å². The molecule has 1 aromatic heterocycles. The Balaban J connectivity index is 0.00000450. The smallest absolute Gasteiger partial charge is 0.191 e. The number of aliphatic imine (C=N–C) groups is 1. The molecule has 168 valence electrons. The number of aryl methyl sites for hydroxylation is 2. The lowest BCUT2D eigenvalue weighted by atomic mass is 10.1. The van der Waals surface area contributed by atoms with Gasteiger partial charge in [-0.1, -0.05) is 37.2 Å². The van der Waals surface area contributed by atoms with Crippen molar-refractivity contribution in [1.29, 1.82) is 0 Å². The molecule has 2 aromatic rings. The Morgan fingerprint density at radius 2 is 1.90 bits per heavy atom. The highest BCUT2D eigenvalue weighted by Gasteiger charge is 2.13. The number of hydrogen-bond acceptors (Lipinski definition) is 5. The van der Waals surface area contributed by atoms with Gasteiger partial charge in [0.15, 0.2) is 5.96 Å². The van der Waals surface area contributed by atoms with Crippen LogP contribution in [-0.2, 0) is 25.9 Å². The third-order valence-electron chi connectivity index (χ3n) is 4.56. The predicted molar refractivity (Wildman–Crippen MR) is 133 cm³/mol. The zero-order chi connectivity index (χ0) is 21.1. The number of nitrogens with zero attached hydrogens (tertiary/aromatic N) is 3. The van der Waals surface area contributed by atoms with Crippen LogP contribution in [0.1, 0.15) is 43.4 Å². The molecule has 0 bridgehead atoms. The first-order valence-corrected chi connectivity index (χ1v) is 10.4. The van der Waals surface area contributed by atoms with E-state index in [-0.39, 0.29) is 24.0 Å². The first-order chi connectivity index (χ1) is 14.1. The highest BCUT2D eigenvalue weighted by Crippen LogP contribution is 2.19. The summed E-state index contributed by atoms with van der Waals surface area (Å²) in [6, 6.07) is 8.07. The highest BCUT2D eigenvalue weighted by molar-refractivity contribution is 14.0. The summed E-state index contributed by atoms with van der Waals surface area (Å²) in [7, 11) is 4.08. The van der Waals surface area contributed by atoms with E-state index >= 15 is 0 Å². The van der Waals surface area contributed by atoms with E-state index in [0.29, 0.717) is 19.7 Å². The van der Waals surface area contributed by atoms with Crippen LogP contribution in [0.4, 0.5) is 0 Å². The molecule has 0 saturated carbocycles. The molecule has 2 N–H and O–H groups in total.